The lowest BCUT2D eigenvalue weighted by atomic mass is 9.78. The molecule has 1 fully saturated rings. The van der Waals surface area contributed by atoms with Gasteiger partial charge in [0.1, 0.15) is 5.92 Å². The summed E-state index contributed by atoms with van der Waals surface area (Å²) in [5, 5.41) is 8.01. The van der Waals surface area contributed by atoms with Gasteiger partial charge in [0.2, 0.25) is 5.91 Å². The number of fused-ring (bicyclic) bond motifs is 4. The number of nitrogens with one attached hydrogen (secondary N) is 2. The lowest BCUT2D eigenvalue weighted by Crippen LogP contribution is -2.72. The maximum atomic E-state index is 13.8. The largest absolute Gasteiger partial charge is 0.493 e. The van der Waals surface area contributed by atoms with E-state index in [9.17, 15) is 4.79 Å². The molecule has 2 bridgehead atoms. The molecule has 2 aliphatic rings. The number of para-hydroxylation sites is 1. The highest BCUT2D eigenvalue weighted by Gasteiger charge is 2.59. The number of ether oxygens (including phenoxy) is 2. The Labute approximate surface area is 212 Å². The molecule has 0 spiro atoms. The van der Waals surface area contributed by atoms with Gasteiger partial charge in [-0.15, -0.1) is 0 Å². The van der Waals surface area contributed by atoms with Gasteiger partial charge < -0.3 is 20.1 Å². The maximum Gasteiger partial charge on any atom is 0.236 e. The standard InChI is InChI=1S/C25H21Cl2N3O3S/c1-25-20(23(31)28-16-10-6-14(26)7-11-16)21(18-4-3-5-19(32-2)22(18)33-25)29-24(34)30(25)17-12-8-15(27)9-13-17/h3-13,20-21H,1-2H3,(H,28,31)(H,29,34)/t20-,21-,25-/m1/s1. The summed E-state index contributed by atoms with van der Waals surface area (Å²) in [7, 11) is 1.59. The molecule has 1 saturated heterocycles. The Hall–Kier alpha value is -3.00. The third kappa shape index (κ3) is 3.74. The molecule has 0 aromatic heterocycles. The van der Waals surface area contributed by atoms with E-state index in [1.165, 1.54) is 0 Å². The van der Waals surface area contributed by atoms with Crippen LogP contribution in [0.5, 0.6) is 11.5 Å². The van der Waals surface area contributed by atoms with Crippen molar-refractivity contribution >= 4 is 57.8 Å². The van der Waals surface area contributed by atoms with Gasteiger partial charge in [-0.25, -0.2) is 0 Å². The fourth-order valence-electron chi connectivity index (χ4n) is 4.66. The minimum atomic E-state index is -1.17. The number of rotatable bonds is 4. The molecule has 0 aliphatic carbocycles. The van der Waals surface area contributed by atoms with E-state index in [0.717, 1.165) is 11.3 Å². The highest BCUT2D eigenvalue weighted by Crippen LogP contribution is 2.52. The van der Waals surface area contributed by atoms with Crippen LogP contribution in [0.4, 0.5) is 11.4 Å². The number of carbonyl (C=O) groups is 1. The molecule has 2 heterocycles. The Morgan fingerprint density at radius 3 is 2.38 bits per heavy atom. The lowest BCUT2D eigenvalue weighted by Gasteiger charge is -2.56. The predicted octanol–water partition coefficient (Wildman–Crippen LogP) is 5.80. The van der Waals surface area contributed by atoms with Gasteiger partial charge in [-0.3, -0.25) is 9.69 Å². The van der Waals surface area contributed by atoms with Gasteiger partial charge in [-0.1, -0.05) is 35.3 Å². The molecular weight excluding hydrogens is 493 g/mol. The molecule has 0 radical (unpaired) electrons. The number of nitrogens with zero attached hydrogens (tertiary/aromatic N) is 1. The number of hydrogen-bond acceptors (Lipinski definition) is 4. The first-order chi connectivity index (χ1) is 16.3. The van der Waals surface area contributed by atoms with Crippen LogP contribution in [0.3, 0.4) is 0 Å². The van der Waals surface area contributed by atoms with Crippen molar-refractivity contribution in [1.29, 1.82) is 0 Å². The lowest BCUT2D eigenvalue weighted by molar-refractivity contribution is -0.130. The Morgan fingerprint density at radius 2 is 1.74 bits per heavy atom. The molecule has 3 aromatic carbocycles. The summed E-state index contributed by atoms with van der Waals surface area (Å²) < 4.78 is 12.2. The fraction of sp³-hybridized carbons (Fsp3) is 0.200. The van der Waals surface area contributed by atoms with E-state index in [-0.39, 0.29) is 5.91 Å². The van der Waals surface area contributed by atoms with Crippen molar-refractivity contribution in [2.75, 3.05) is 17.3 Å². The third-order valence-corrected chi connectivity index (χ3v) is 6.99. The smallest absolute Gasteiger partial charge is 0.236 e. The van der Waals surface area contributed by atoms with Crippen LogP contribution >= 0.6 is 35.4 Å². The van der Waals surface area contributed by atoms with Crippen molar-refractivity contribution in [1.82, 2.24) is 5.32 Å². The number of thiocarbonyl (C=S) groups is 1. The van der Waals surface area contributed by atoms with Crippen molar-refractivity contribution in [3.05, 3.63) is 82.3 Å². The average molecular weight is 514 g/mol. The molecule has 0 saturated carbocycles. The van der Waals surface area contributed by atoms with Crippen molar-refractivity contribution in [3.8, 4) is 11.5 Å². The number of carbonyl (C=O) groups excluding carboxylic acids is 1. The van der Waals surface area contributed by atoms with Gasteiger partial charge in [-0.05, 0) is 73.7 Å². The Kier molecular flexibility index (Phi) is 5.80. The minimum Gasteiger partial charge on any atom is -0.493 e. The van der Waals surface area contributed by atoms with E-state index in [1.54, 1.807) is 43.5 Å². The van der Waals surface area contributed by atoms with E-state index in [0.29, 0.717) is 32.3 Å². The number of amides is 1. The first-order valence-electron chi connectivity index (χ1n) is 10.6. The highest BCUT2D eigenvalue weighted by atomic mass is 35.5. The van der Waals surface area contributed by atoms with E-state index < -0.39 is 17.7 Å². The number of hydrogen-bond donors (Lipinski definition) is 2. The normalized spacial score (nSPS) is 22.8. The SMILES string of the molecule is COc1cccc2c1O[C@]1(C)[C@@H](C(=O)Nc3ccc(Cl)cc3)[C@@H]2NC(=S)N1c1ccc(Cl)cc1. The first-order valence-corrected chi connectivity index (χ1v) is 11.8. The zero-order valence-electron chi connectivity index (χ0n) is 18.3. The summed E-state index contributed by atoms with van der Waals surface area (Å²) in [6.45, 7) is 1.86. The number of benzene rings is 3. The predicted molar refractivity (Wildman–Crippen MR) is 138 cm³/mol. The second-order valence-corrected chi connectivity index (χ2v) is 9.51. The van der Waals surface area contributed by atoms with Crippen molar-refractivity contribution in [2.24, 2.45) is 5.92 Å². The Bertz CT molecular complexity index is 1270. The number of anilines is 2. The molecular formula is C25H21Cl2N3O3S. The molecule has 9 heteroatoms. The molecule has 6 nitrogen and oxygen atoms in total. The molecule has 3 atom stereocenters. The quantitative estimate of drug-likeness (QED) is 0.429. The van der Waals surface area contributed by atoms with Crippen molar-refractivity contribution in [2.45, 2.75) is 18.7 Å². The fourth-order valence-corrected chi connectivity index (χ4v) is 5.33. The minimum absolute atomic E-state index is 0.225. The Balaban J connectivity index is 1.64. The van der Waals surface area contributed by atoms with Crippen LogP contribution in [0, 0.1) is 5.92 Å². The van der Waals surface area contributed by atoms with Gasteiger partial charge >= 0.3 is 0 Å². The molecule has 2 aliphatic heterocycles. The second-order valence-electron chi connectivity index (χ2n) is 8.25. The van der Waals surface area contributed by atoms with E-state index in [2.05, 4.69) is 10.6 Å². The van der Waals surface area contributed by atoms with Crippen LogP contribution in [-0.2, 0) is 4.79 Å². The summed E-state index contributed by atoms with van der Waals surface area (Å²) in [5.41, 5.74) is 1.00. The molecule has 174 valence electrons. The summed E-state index contributed by atoms with van der Waals surface area (Å²) in [5.74, 6) is 0.250. The zero-order valence-corrected chi connectivity index (χ0v) is 20.7. The monoisotopic (exact) mass is 513 g/mol. The summed E-state index contributed by atoms with van der Waals surface area (Å²) in [6.07, 6.45) is 0. The van der Waals surface area contributed by atoms with Gasteiger partial charge in [0.25, 0.3) is 0 Å². The van der Waals surface area contributed by atoms with Crippen LogP contribution in [-0.4, -0.2) is 23.9 Å². The summed E-state index contributed by atoms with van der Waals surface area (Å²) >= 11 is 17.9. The van der Waals surface area contributed by atoms with E-state index in [4.69, 9.17) is 44.9 Å². The topological polar surface area (TPSA) is 62.8 Å². The Morgan fingerprint density at radius 1 is 1.09 bits per heavy atom. The summed E-state index contributed by atoms with van der Waals surface area (Å²) in [4.78, 5) is 15.6. The highest BCUT2D eigenvalue weighted by molar-refractivity contribution is 7.80. The molecule has 5 rings (SSSR count). The molecule has 2 N–H and O–H groups in total. The molecule has 1 amide bonds. The van der Waals surface area contributed by atoms with Crippen molar-refractivity contribution < 1.29 is 14.3 Å². The van der Waals surface area contributed by atoms with Gasteiger partial charge in [-0.2, -0.15) is 0 Å². The zero-order chi connectivity index (χ0) is 24.0. The van der Waals surface area contributed by atoms with Crippen LogP contribution in [0.1, 0.15) is 18.5 Å². The van der Waals surface area contributed by atoms with Gasteiger partial charge in [0.15, 0.2) is 22.3 Å². The second kappa shape index (κ2) is 8.65. The van der Waals surface area contributed by atoms with E-state index >= 15 is 0 Å². The molecule has 3 aromatic rings. The van der Waals surface area contributed by atoms with Crippen LogP contribution in [0.2, 0.25) is 10.0 Å². The van der Waals surface area contributed by atoms with Crippen LogP contribution in [0.25, 0.3) is 0 Å². The number of halogens is 2. The van der Waals surface area contributed by atoms with Gasteiger partial charge in [0, 0.05) is 27.0 Å². The number of methoxy groups -OCH3 is 1. The van der Waals surface area contributed by atoms with Crippen LogP contribution < -0.4 is 25.0 Å². The first kappa shape index (κ1) is 22.8. The van der Waals surface area contributed by atoms with Gasteiger partial charge in [0.05, 0.1) is 13.2 Å². The third-order valence-electron chi connectivity index (χ3n) is 6.19. The average Bonchev–Trinajstić information content (AvgIpc) is 2.81. The molecule has 0 unspecified atom stereocenters. The summed E-state index contributed by atoms with van der Waals surface area (Å²) in [6, 6.07) is 19.4. The van der Waals surface area contributed by atoms with Crippen molar-refractivity contribution in [3.63, 3.8) is 0 Å². The van der Waals surface area contributed by atoms with Crippen LogP contribution in [0.15, 0.2) is 66.7 Å². The van der Waals surface area contributed by atoms with E-state index in [1.807, 2.05) is 42.2 Å². The molecule has 34 heavy (non-hydrogen) atoms. The maximum absolute atomic E-state index is 13.8.